The van der Waals surface area contributed by atoms with Gasteiger partial charge in [-0.15, -0.1) is 0 Å². The van der Waals surface area contributed by atoms with E-state index in [1.54, 1.807) is 30.3 Å². The first-order chi connectivity index (χ1) is 13.7. The van der Waals surface area contributed by atoms with Gasteiger partial charge in [0, 0.05) is 5.56 Å². The first-order valence-electron chi connectivity index (χ1n) is 9.00. The van der Waals surface area contributed by atoms with Gasteiger partial charge in [-0.3, -0.25) is 14.9 Å². The largest absolute Gasteiger partial charge is 0.496 e. The second kappa shape index (κ2) is 9.23. The number of carbonyl (C=O) groups is 3. The number of rotatable bonds is 6. The van der Waals surface area contributed by atoms with E-state index in [9.17, 15) is 14.4 Å². The lowest BCUT2D eigenvalue weighted by Crippen LogP contribution is -2.34. The molecule has 7 heteroatoms. The second-order valence-corrected chi connectivity index (χ2v) is 7.32. The Morgan fingerprint density at radius 1 is 0.897 bits per heavy atom. The zero-order chi connectivity index (χ0) is 21.6. The van der Waals surface area contributed by atoms with E-state index >= 15 is 0 Å². The smallest absolute Gasteiger partial charge is 0.346 e. The predicted molar refractivity (Wildman–Crippen MR) is 107 cm³/mol. The number of benzene rings is 2. The predicted octanol–water partition coefficient (Wildman–Crippen LogP) is 3.11. The Kier molecular flexibility index (Phi) is 6.98. The minimum absolute atomic E-state index is 0.0431. The van der Waals surface area contributed by atoms with Gasteiger partial charge in [-0.1, -0.05) is 39.0 Å². The molecule has 0 unspecified atom stereocenters. The summed E-state index contributed by atoms with van der Waals surface area (Å²) in [5, 5.41) is 2.20. The van der Waals surface area contributed by atoms with E-state index in [1.165, 1.54) is 14.2 Å². The molecule has 29 heavy (non-hydrogen) atoms. The Morgan fingerprint density at radius 2 is 1.45 bits per heavy atom. The molecule has 1 N–H and O–H groups in total. The van der Waals surface area contributed by atoms with Crippen molar-refractivity contribution in [1.82, 2.24) is 5.32 Å². The summed E-state index contributed by atoms with van der Waals surface area (Å²) in [6.45, 7) is 5.58. The molecule has 2 rings (SSSR count). The van der Waals surface area contributed by atoms with Crippen LogP contribution < -0.4 is 14.8 Å². The Bertz CT molecular complexity index is 874. The number of esters is 1. The first kappa shape index (κ1) is 21.9. The van der Waals surface area contributed by atoms with E-state index in [0.717, 1.165) is 5.56 Å². The summed E-state index contributed by atoms with van der Waals surface area (Å²) in [5.74, 6) is -1.59. The van der Waals surface area contributed by atoms with Crippen molar-refractivity contribution in [2.45, 2.75) is 26.2 Å². The van der Waals surface area contributed by atoms with Crippen molar-refractivity contribution in [3.63, 3.8) is 0 Å². The van der Waals surface area contributed by atoms with Crippen molar-refractivity contribution in [2.24, 2.45) is 0 Å². The molecule has 2 amide bonds. The fourth-order valence-electron chi connectivity index (χ4n) is 2.61. The van der Waals surface area contributed by atoms with Gasteiger partial charge in [0.05, 0.1) is 14.2 Å². The number of nitrogens with one attached hydrogen (secondary N) is 1. The highest BCUT2D eigenvalue weighted by atomic mass is 16.5. The van der Waals surface area contributed by atoms with Crippen LogP contribution in [0.4, 0.5) is 0 Å². The van der Waals surface area contributed by atoms with Crippen LogP contribution in [0.25, 0.3) is 0 Å². The van der Waals surface area contributed by atoms with E-state index in [-0.39, 0.29) is 22.5 Å². The molecule has 0 aliphatic carbocycles. The maximum atomic E-state index is 12.3. The summed E-state index contributed by atoms with van der Waals surface area (Å²) in [6, 6.07) is 11.8. The highest BCUT2D eigenvalue weighted by molar-refractivity contribution is 6.05. The normalized spacial score (nSPS) is 10.8. The lowest BCUT2D eigenvalue weighted by molar-refractivity contribution is -0.123. The van der Waals surface area contributed by atoms with Crippen LogP contribution in [0.2, 0.25) is 0 Å². The van der Waals surface area contributed by atoms with Gasteiger partial charge >= 0.3 is 5.97 Å². The van der Waals surface area contributed by atoms with Crippen LogP contribution in [0, 0.1) is 0 Å². The molecule has 2 aromatic rings. The van der Waals surface area contributed by atoms with Crippen LogP contribution >= 0.6 is 0 Å². The molecule has 0 aromatic heterocycles. The van der Waals surface area contributed by atoms with Crippen molar-refractivity contribution < 1.29 is 28.6 Å². The first-order valence-corrected chi connectivity index (χ1v) is 9.00. The van der Waals surface area contributed by atoms with Crippen LogP contribution in [-0.2, 0) is 14.9 Å². The lowest BCUT2D eigenvalue weighted by atomic mass is 9.87. The summed E-state index contributed by atoms with van der Waals surface area (Å²) >= 11 is 0. The molecule has 0 aliphatic rings. The molecule has 0 spiro atoms. The number of imide groups is 1. The zero-order valence-electron chi connectivity index (χ0n) is 17.2. The number of ether oxygens (including phenoxy) is 3. The maximum Gasteiger partial charge on any atom is 0.346 e. The maximum absolute atomic E-state index is 12.3. The van der Waals surface area contributed by atoms with E-state index in [1.807, 2.05) is 12.1 Å². The van der Waals surface area contributed by atoms with Gasteiger partial charge < -0.3 is 14.2 Å². The highest BCUT2D eigenvalue weighted by Gasteiger charge is 2.21. The standard InChI is InChI=1S/C22H25NO6/c1-22(2,3)15-11-9-14(10-12-15)20(25)23-18(24)13-29-21(26)19-16(27-4)7-6-8-17(19)28-5/h6-12H,13H2,1-5H3,(H,23,24,25). The average Bonchev–Trinajstić information content (AvgIpc) is 2.70. The molecule has 7 nitrogen and oxygen atoms in total. The summed E-state index contributed by atoms with van der Waals surface area (Å²) in [6.07, 6.45) is 0. The topological polar surface area (TPSA) is 90.9 Å². The molecular weight excluding hydrogens is 374 g/mol. The molecule has 0 aliphatic heterocycles. The molecule has 2 aromatic carbocycles. The van der Waals surface area contributed by atoms with Crippen LogP contribution in [0.5, 0.6) is 11.5 Å². The number of carbonyl (C=O) groups excluding carboxylic acids is 3. The number of hydrogen-bond donors (Lipinski definition) is 1. The van der Waals surface area contributed by atoms with Crippen LogP contribution in [-0.4, -0.2) is 38.6 Å². The van der Waals surface area contributed by atoms with Gasteiger partial charge in [0.2, 0.25) is 0 Å². The monoisotopic (exact) mass is 399 g/mol. The molecule has 0 heterocycles. The summed E-state index contributed by atoms with van der Waals surface area (Å²) in [7, 11) is 2.81. The van der Waals surface area contributed by atoms with Crippen LogP contribution in [0.15, 0.2) is 42.5 Å². The second-order valence-electron chi connectivity index (χ2n) is 7.32. The Morgan fingerprint density at radius 3 is 1.93 bits per heavy atom. The third-order valence-corrected chi connectivity index (χ3v) is 4.23. The van der Waals surface area contributed by atoms with Gasteiger partial charge in [0.15, 0.2) is 6.61 Å². The van der Waals surface area contributed by atoms with Crippen LogP contribution in [0.3, 0.4) is 0 Å². The van der Waals surface area contributed by atoms with Gasteiger partial charge in [-0.2, -0.15) is 0 Å². The highest BCUT2D eigenvalue weighted by Crippen LogP contribution is 2.28. The Balaban J connectivity index is 1.98. The number of methoxy groups -OCH3 is 2. The van der Waals surface area contributed by atoms with Crippen molar-refractivity contribution in [3.05, 3.63) is 59.2 Å². The summed E-state index contributed by atoms with van der Waals surface area (Å²) < 4.78 is 15.3. The quantitative estimate of drug-likeness (QED) is 0.751. The summed E-state index contributed by atoms with van der Waals surface area (Å²) in [4.78, 5) is 36.6. The minimum Gasteiger partial charge on any atom is -0.496 e. The van der Waals surface area contributed by atoms with Crippen LogP contribution in [0.1, 0.15) is 47.1 Å². The molecule has 0 atom stereocenters. The third kappa shape index (κ3) is 5.57. The SMILES string of the molecule is COc1cccc(OC)c1C(=O)OCC(=O)NC(=O)c1ccc(C(C)(C)C)cc1. The summed E-state index contributed by atoms with van der Waals surface area (Å²) in [5.41, 5.74) is 1.43. The molecular formula is C22H25NO6. The van der Waals surface area contributed by atoms with E-state index in [2.05, 4.69) is 26.1 Å². The fraction of sp³-hybridized carbons (Fsp3) is 0.318. The minimum atomic E-state index is -0.795. The Hall–Kier alpha value is -3.35. The molecule has 0 saturated carbocycles. The Labute approximate surface area is 170 Å². The fourth-order valence-corrected chi connectivity index (χ4v) is 2.61. The van der Waals surface area contributed by atoms with Crippen molar-refractivity contribution >= 4 is 17.8 Å². The van der Waals surface area contributed by atoms with Crippen molar-refractivity contribution in [1.29, 1.82) is 0 Å². The lowest BCUT2D eigenvalue weighted by Gasteiger charge is -2.19. The van der Waals surface area contributed by atoms with Gasteiger partial charge in [0.1, 0.15) is 17.1 Å². The van der Waals surface area contributed by atoms with E-state index in [0.29, 0.717) is 5.56 Å². The van der Waals surface area contributed by atoms with E-state index in [4.69, 9.17) is 14.2 Å². The van der Waals surface area contributed by atoms with E-state index < -0.39 is 24.4 Å². The molecule has 0 radical (unpaired) electrons. The van der Waals surface area contributed by atoms with Gasteiger partial charge in [-0.25, -0.2) is 4.79 Å². The third-order valence-electron chi connectivity index (χ3n) is 4.23. The number of amides is 2. The average molecular weight is 399 g/mol. The van der Waals surface area contributed by atoms with Crippen molar-refractivity contribution in [3.8, 4) is 11.5 Å². The van der Waals surface area contributed by atoms with Gasteiger partial charge in [0.25, 0.3) is 11.8 Å². The van der Waals surface area contributed by atoms with Gasteiger partial charge in [-0.05, 0) is 35.2 Å². The molecule has 0 fully saturated rings. The zero-order valence-corrected chi connectivity index (χ0v) is 17.2. The molecule has 154 valence electrons. The molecule has 0 bridgehead atoms. The number of hydrogen-bond acceptors (Lipinski definition) is 6. The van der Waals surface area contributed by atoms with Crippen molar-refractivity contribution in [2.75, 3.05) is 20.8 Å². The molecule has 0 saturated heterocycles.